The highest BCUT2D eigenvalue weighted by Crippen LogP contribution is 2.09. The molecule has 1 aromatic heterocycles. The van der Waals surface area contributed by atoms with Gasteiger partial charge in [-0.1, -0.05) is 0 Å². The summed E-state index contributed by atoms with van der Waals surface area (Å²) < 4.78 is 0. The van der Waals surface area contributed by atoms with E-state index in [0.717, 1.165) is 25.3 Å². The maximum atomic E-state index is 8.70. The maximum Gasteiger partial charge on any atom is 0.127 e. The summed E-state index contributed by atoms with van der Waals surface area (Å²) >= 11 is 0. The van der Waals surface area contributed by atoms with E-state index in [2.05, 4.69) is 21.7 Å². The number of halogens is 1. The molecule has 0 unspecified atom stereocenters. The average molecular weight is 225 g/mol. The summed E-state index contributed by atoms with van der Waals surface area (Å²) in [5, 5.41) is 15.3. The normalized spacial score (nSPS) is 19.0. The standard InChI is InChI=1S/C10H12N4.ClH/c11-6-8-1-4-13-10(5-8)14-9-2-3-12-7-9;/h1,4-5,9,12H,2-3,7H2,(H,13,14);1H/t9-;/m0./s1. The zero-order valence-corrected chi connectivity index (χ0v) is 9.05. The fraction of sp³-hybridized carbons (Fsp3) is 0.400. The van der Waals surface area contributed by atoms with Crippen LogP contribution in [0.25, 0.3) is 0 Å². The number of nitrogens with one attached hydrogen (secondary N) is 2. The maximum absolute atomic E-state index is 8.70. The van der Waals surface area contributed by atoms with Gasteiger partial charge in [0, 0.05) is 18.8 Å². The molecule has 2 N–H and O–H groups in total. The number of nitriles is 1. The first kappa shape index (κ1) is 11.8. The number of hydrogen-bond donors (Lipinski definition) is 2. The zero-order chi connectivity index (χ0) is 9.80. The molecule has 1 aromatic rings. The quantitative estimate of drug-likeness (QED) is 0.791. The van der Waals surface area contributed by atoms with Crippen LogP contribution < -0.4 is 10.6 Å². The molecule has 5 heteroatoms. The van der Waals surface area contributed by atoms with Gasteiger partial charge in [-0.2, -0.15) is 5.26 Å². The molecule has 1 atom stereocenters. The summed E-state index contributed by atoms with van der Waals surface area (Å²) in [4.78, 5) is 4.16. The molecule has 0 amide bonds. The fourth-order valence-electron chi connectivity index (χ4n) is 1.57. The topological polar surface area (TPSA) is 60.7 Å². The Kier molecular flexibility index (Phi) is 4.35. The summed E-state index contributed by atoms with van der Waals surface area (Å²) in [6.45, 7) is 2.02. The van der Waals surface area contributed by atoms with Crippen molar-refractivity contribution in [3.05, 3.63) is 23.9 Å². The van der Waals surface area contributed by atoms with Crippen molar-refractivity contribution in [1.29, 1.82) is 5.26 Å². The summed E-state index contributed by atoms with van der Waals surface area (Å²) in [6.07, 6.45) is 2.77. The van der Waals surface area contributed by atoms with Crippen molar-refractivity contribution in [2.45, 2.75) is 12.5 Å². The van der Waals surface area contributed by atoms with Gasteiger partial charge in [-0.3, -0.25) is 0 Å². The third kappa shape index (κ3) is 3.08. The lowest BCUT2D eigenvalue weighted by molar-refractivity contribution is 0.788. The van der Waals surface area contributed by atoms with Crippen LogP contribution in [0.15, 0.2) is 18.3 Å². The van der Waals surface area contributed by atoms with E-state index >= 15 is 0 Å². The highest BCUT2D eigenvalue weighted by molar-refractivity contribution is 5.85. The third-order valence-corrected chi connectivity index (χ3v) is 2.30. The molecular formula is C10H13ClN4. The molecule has 1 aliphatic rings. The largest absolute Gasteiger partial charge is 0.366 e. The molecule has 0 bridgehead atoms. The van der Waals surface area contributed by atoms with Crippen LogP contribution in [-0.4, -0.2) is 24.1 Å². The minimum Gasteiger partial charge on any atom is -0.366 e. The first-order valence-corrected chi connectivity index (χ1v) is 4.72. The van der Waals surface area contributed by atoms with Gasteiger partial charge >= 0.3 is 0 Å². The highest BCUT2D eigenvalue weighted by Gasteiger charge is 2.13. The van der Waals surface area contributed by atoms with Gasteiger partial charge in [-0.15, -0.1) is 12.4 Å². The van der Waals surface area contributed by atoms with E-state index in [1.165, 1.54) is 0 Å². The number of pyridine rings is 1. The number of rotatable bonds is 2. The van der Waals surface area contributed by atoms with Crippen LogP contribution in [0.3, 0.4) is 0 Å². The highest BCUT2D eigenvalue weighted by atomic mass is 35.5. The van der Waals surface area contributed by atoms with Gasteiger partial charge in [0.15, 0.2) is 0 Å². The smallest absolute Gasteiger partial charge is 0.127 e. The fourth-order valence-corrected chi connectivity index (χ4v) is 1.57. The van der Waals surface area contributed by atoms with Gasteiger partial charge < -0.3 is 10.6 Å². The molecule has 0 saturated carbocycles. The molecule has 1 fully saturated rings. The molecule has 4 nitrogen and oxygen atoms in total. The van der Waals surface area contributed by atoms with Crippen molar-refractivity contribution in [2.24, 2.45) is 0 Å². The minimum absolute atomic E-state index is 0. The van der Waals surface area contributed by atoms with E-state index in [9.17, 15) is 0 Å². The van der Waals surface area contributed by atoms with Crippen molar-refractivity contribution in [3.8, 4) is 6.07 Å². The molecule has 80 valence electrons. The van der Waals surface area contributed by atoms with Crippen LogP contribution in [0.5, 0.6) is 0 Å². The van der Waals surface area contributed by atoms with E-state index in [-0.39, 0.29) is 12.4 Å². The predicted octanol–water partition coefficient (Wildman–Crippen LogP) is 1.15. The van der Waals surface area contributed by atoms with Crippen molar-refractivity contribution in [2.75, 3.05) is 18.4 Å². The summed E-state index contributed by atoms with van der Waals surface area (Å²) in [6, 6.07) is 6.02. The van der Waals surface area contributed by atoms with Crippen LogP contribution >= 0.6 is 12.4 Å². The molecular weight excluding hydrogens is 212 g/mol. The molecule has 1 aliphatic heterocycles. The van der Waals surface area contributed by atoms with Crippen LogP contribution in [0, 0.1) is 11.3 Å². The van der Waals surface area contributed by atoms with Crippen molar-refractivity contribution < 1.29 is 0 Å². The minimum atomic E-state index is 0. The molecule has 2 rings (SSSR count). The lowest BCUT2D eigenvalue weighted by Crippen LogP contribution is -2.22. The number of aromatic nitrogens is 1. The third-order valence-electron chi connectivity index (χ3n) is 2.30. The van der Waals surface area contributed by atoms with Crippen molar-refractivity contribution in [1.82, 2.24) is 10.3 Å². The molecule has 0 spiro atoms. The van der Waals surface area contributed by atoms with Crippen LogP contribution in [-0.2, 0) is 0 Å². The Hall–Kier alpha value is -1.31. The van der Waals surface area contributed by atoms with Crippen LogP contribution in [0.1, 0.15) is 12.0 Å². The van der Waals surface area contributed by atoms with E-state index in [1.807, 2.05) is 0 Å². The average Bonchev–Trinajstić information content (AvgIpc) is 2.71. The lowest BCUT2D eigenvalue weighted by atomic mass is 10.2. The van der Waals surface area contributed by atoms with Crippen LogP contribution in [0.4, 0.5) is 5.82 Å². The second-order valence-corrected chi connectivity index (χ2v) is 3.38. The Balaban J connectivity index is 0.00000112. The predicted molar refractivity (Wildman–Crippen MR) is 61.1 cm³/mol. The Labute approximate surface area is 95.1 Å². The molecule has 2 heterocycles. The van der Waals surface area contributed by atoms with Gasteiger partial charge in [-0.05, 0) is 25.1 Å². The first-order chi connectivity index (χ1) is 6.88. The Morgan fingerprint density at radius 2 is 2.47 bits per heavy atom. The number of anilines is 1. The molecule has 15 heavy (non-hydrogen) atoms. The summed E-state index contributed by atoms with van der Waals surface area (Å²) in [5.74, 6) is 0.790. The SMILES string of the molecule is Cl.N#Cc1ccnc(N[C@H]2CCNC2)c1. The van der Waals surface area contributed by atoms with Gasteiger partial charge in [-0.25, -0.2) is 4.98 Å². The molecule has 0 radical (unpaired) electrons. The van der Waals surface area contributed by atoms with Crippen LogP contribution in [0.2, 0.25) is 0 Å². The Bertz CT molecular complexity index is 355. The Morgan fingerprint density at radius 1 is 1.60 bits per heavy atom. The second-order valence-electron chi connectivity index (χ2n) is 3.38. The van der Waals surface area contributed by atoms with Gasteiger partial charge in [0.2, 0.25) is 0 Å². The van der Waals surface area contributed by atoms with E-state index in [0.29, 0.717) is 11.6 Å². The van der Waals surface area contributed by atoms with Gasteiger partial charge in [0.25, 0.3) is 0 Å². The molecule has 0 aliphatic carbocycles. The summed E-state index contributed by atoms with van der Waals surface area (Å²) in [5.41, 5.74) is 0.647. The van der Waals surface area contributed by atoms with E-state index < -0.39 is 0 Å². The van der Waals surface area contributed by atoms with Crippen molar-refractivity contribution in [3.63, 3.8) is 0 Å². The monoisotopic (exact) mass is 224 g/mol. The van der Waals surface area contributed by atoms with Crippen molar-refractivity contribution >= 4 is 18.2 Å². The summed E-state index contributed by atoms with van der Waals surface area (Å²) in [7, 11) is 0. The number of nitrogens with zero attached hydrogens (tertiary/aromatic N) is 2. The zero-order valence-electron chi connectivity index (χ0n) is 8.23. The second kappa shape index (κ2) is 5.54. The number of hydrogen-bond acceptors (Lipinski definition) is 4. The lowest BCUT2D eigenvalue weighted by Gasteiger charge is -2.11. The van der Waals surface area contributed by atoms with Gasteiger partial charge in [0.05, 0.1) is 11.6 Å². The molecule has 0 aromatic carbocycles. The van der Waals surface area contributed by atoms with E-state index in [1.54, 1.807) is 18.3 Å². The van der Waals surface area contributed by atoms with Gasteiger partial charge in [0.1, 0.15) is 5.82 Å². The molecule has 1 saturated heterocycles. The van der Waals surface area contributed by atoms with E-state index in [4.69, 9.17) is 5.26 Å². The Morgan fingerprint density at radius 3 is 3.13 bits per heavy atom. The first-order valence-electron chi connectivity index (χ1n) is 4.72.